The number of para-hydroxylation sites is 1. The third kappa shape index (κ3) is 2.90. The number of fused-ring (bicyclic) bond motifs is 1. The summed E-state index contributed by atoms with van der Waals surface area (Å²) in [5.41, 5.74) is 1.92. The summed E-state index contributed by atoms with van der Waals surface area (Å²) in [7, 11) is 0. The Morgan fingerprint density at radius 1 is 1.09 bits per heavy atom. The lowest BCUT2D eigenvalue weighted by atomic mass is 10.3. The Bertz CT molecular complexity index is 969. The van der Waals surface area contributed by atoms with Crippen molar-refractivity contribution in [3.8, 4) is 10.6 Å². The molecule has 1 N–H and O–H groups in total. The first-order chi connectivity index (χ1) is 11.2. The van der Waals surface area contributed by atoms with E-state index in [9.17, 15) is 4.79 Å². The van der Waals surface area contributed by atoms with Crippen LogP contribution < -0.4 is 5.32 Å². The number of hydrogen-bond donors (Lipinski definition) is 1. The van der Waals surface area contributed by atoms with Crippen molar-refractivity contribution in [1.29, 1.82) is 0 Å². The van der Waals surface area contributed by atoms with Crippen LogP contribution in [0.5, 0.6) is 0 Å². The van der Waals surface area contributed by atoms with E-state index in [1.807, 2.05) is 29.6 Å². The summed E-state index contributed by atoms with van der Waals surface area (Å²) < 4.78 is 1.74. The van der Waals surface area contributed by atoms with Gasteiger partial charge in [-0.25, -0.2) is 4.98 Å². The number of anilines is 1. The lowest BCUT2D eigenvalue weighted by Gasteiger charge is -2.02. The molecule has 114 valence electrons. The number of hydrogen-bond acceptors (Lipinski definition) is 5. The number of thiophene rings is 2. The molecule has 0 aliphatic heterocycles. The van der Waals surface area contributed by atoms with Crippen LogP contribution in [0.25, 0.3) is 20.8 Å². The molecule has 3 heterocycles. The molecule has 1 aromatic carbocycles. The summed E-state index contributed by atoms with van der Waals surface area (Å²) in [6.45, 7) is 0. The van der Waals surface area contributed by atoms with Gasteiger partial charge in [-0.15, -0.1) is 34.0 Å². The lowest BCUT2D eigenvalue weighted by Crippen LogP contribution is -2.09. The molecule has 0 saturated heterocycles. The number of rotatable bonds is 3. The fourth-order valence-electron chi connectivity index (χ4n) is 2.16. The fourth-order valence-corrected chi connectivity index (χ4v) is 4.95. The Kier molecular flexibility index (Phi) is 3.90. The van der Waals surface area contributed by atoms with Gasteiger partial charge in [-0.05, 0) is 35.7 Å². The van der Waals surface area contributed by atoms with Crippen molar-refractivity contribution in [1.82, 2.24) is 4.98 Å². The second-order valence-electron chi connectivity index (χ2n) is 4.71. The van der Waals surface area contributed by atoms with Gasteiger partial charge in [-0.2, -0.15) is 0 Å². The second-order valence-corrected chi connectivity index (χ2v) is 8.37. The van der Waals surface area contributed by atoms with Crippen LogP contribution in [-0.4, -0.2) is 10.9 Å². The summed E-state index contributed by atoms with van der Waals surface area (Å²) in [6, 6.07) is 13.5. The molecule has 0 radical (unpaired) electrons. The molecule has 23 heavy (non-hydrogen) atoms. The van der Waals surface area contributed by atoms with Crippen LogP contribution in [0.3, 0.4) is 0 Å². The largest absolute Gasteiger partial charge is 0.312 e. The normalized spacial score (nSPS) is 11.0. The van der Waals surface area contributed by atoms with Crippen LogP contribution in [0.2, 0.25) is 4.34 Å². The average molecular weight is 377 g/mol. The number of carbonyl (C=O) groups excluding carboxylic acids is 1. The van der Waals surface area contributed by atoms with Crippen molar-refractivity contribution in [3.63, 3.8) is 0 Å². The molecule has 0 spiro atoms. The Hall–Kier alpha value is -1.73. The van der Waals surface area contributed by atoms with Crippen molar-refractivity contribution in [3.05, 3.63) is 57.1 Å². The topological polar surface area (TPSA) is 42.0 Å². The van der Waals surface area contributed by atoms with E-state index in [0.717, 1.165) is 25.8 Å². The van der Waals surface area contributed by atoms with E-state index in [1.165, 1.54) is 22.7 Å². The number of nitrogens with one attached hydrogen (secondary N) is 1. The predicted octanol–water partition coefficient (Wildman–Crippen LogP) is 5.99. The number of aromatic nitrogens is 1. The van der Waals surface area contributed by atoms with Gasteiger partial charge in [0, 0.05) is 5.56 Å². The maximum absolute atomic E-state index is 12.3. The fraction of sp³-hybridized carbons (Fsp3) is 0. The monoisotopic (exact) mass is 376 g/mol. The minimum absolute atomic E-state index is 0.147. The molecule has 4 rings (SSSR count). The van der Waals surface area contributed by atoms with Gasteiger partial charge in [-0.1, -0.05) is 23.7 Å². The number of halogens is 1. The molecule has 0 fully saturated rings. The zero-order valence-electron chi connectivity index (χ0n) is 11.6. The molecular weight excluding hydrogens is 368 g/mol. The minimum atomic E-state index is -0.147. The highest BCUT2D eigenvalue weighted by Gasteiger charge is 2.16. The molecule has 0 unspecified atom stereocenters. The quantitative estimate of drug-likeness (QED) is 0.477. The zero-order valence-corrected chi connectivity index (χ0v) is 14.8. The van der Waals surface area contributed by atoms with E-state index in [4.69, 9.17) is 11.6 Å². The number of benzene rings is 1. The van der Waals surface area contributed by atoms with Crippen molar-refractivity contribution in [2.75, 3.05) is 5.32 Å². The second kappa shape index (κ2) is 6.05. The van der Waals surface area contributed by atoms with E-state index in [-0.39, 0.29) is 5.91 Å². The number of thiazole rings is 1. The van der Waals surface area contributed by atoms with E-state index >= 15 is 0 Å². The number of nitrogens with zero attached hydrogens (tertiary/aromatic N) is 1. The van der Waals surface area contributed by atoms with Crippen LogP contribution in [0.1, 0.15) is 9.67 Å². The van der Waals surface area contributed by atoms with Crippen LogP contribution >= 0.6 is 45.6 Å². The van der Waals surface area contributed by atoms with Gasteiger partial charge in [0.15, 0.2) is 0 Å². The molecule has 3 aromatic heterocycles. The van der Waals surface area contributed by atoms with E-state index in [0.29, 0.717) is 9.21 Å². The molecule has 0 atom stereocenters. The molecule has 0 bridgehead atoms. The van der Waals surface area contributed by atoms with E-state index in [1.54, 1.807) is 23.5 Å². The molecule has 3 nitrogen and oxygen atoms in total. The average Bonchev–Trinajstić information content (AvgIpc) is 3.25. The predicted molar refractivity (Wildman–Crippen MR) is 100 cm³/mol. The van der Waals surface area contributed by atoms with Gasteiger partial charge in [-0.3, -0.25) is 4.79 Å². The SMILES string of the molecule is O=C(Nc1sccc1-c1nc2ccccc2s1)c1ccc(Cl)s1. The molecule has 0 aliphatic rings. The van der Waals surface area contributed by atoms with Crippen LogP contribution in [0.15, 0.2) is 47.8 Å². The lowest BCUT2D eigenvalue weighted by molar-refractivity contribution is 0.103. The third-order valence-electron chi connectivity index (χ3n) is 3.21. The van der Waals surface area contributed by atoms with Crippen molar-refractivity contribution in [2.45, 2.75) is 0 Å². The van der Waals surface area contributed by atoms with Crippen molar-refractivity contribution in [2.24, 2.45) is 0 Å². The maximum Gasteiger partial charge on any atom is 0.266 e. The standard InChI is InChI=1S/C16H9ClN2OS3/c17-13-6-5-12(22-13)14(20)19-15-9(7-8-21-15)16-18-10-3-1-2-4-11(10)23-16/h1-8H,(H,19,20). The molecule has 1 amide bonds. The maximum atomic E-state index is 12.3. The Morgan fingerprint density at radius 3 is 2.74 bits per heavy atom. The first-order valence-corrected chi connectivity index (χ1v) is 9.60. The zero-order chi connectivity index (χ0) is 15.8. The van der Waals surface area contributed by atoms with Crippen LogP contribution in [0.4, 0.5) is 5.00 Å². The van der Waals surface area contributed by atoms with Gasteiger partial charge in [0.05, 0.1) is 19.4 Å². The molecule has 0 saturated carbocycles. The molecule has 4 aromatic rings. The highest BCUT2D eigenvalue weighted by Crippen LogP contribution is 2.38. The highest BCUT2D eigenvalue weighted by molar-refractivity contribution is 7.22. The highest BCUT2D eigenvalue weighted by atomic mass is 35.5. The van der Waals surface area contributed by atoms with E-state index < -0.39 is 0 Å². The summed E-state index contributed by atoms with van der Waals surface area (Å²) >= 11 is 10.3. The van der Waals surface area contributed by atoms with Gasteiger partial charge < -0.3 is 5.32 Å². The van der Waals surface area contributed by atoms with Crippen molar-refractivity contribution >= 4 is 66.7 Å². The first-order valence-electron chi connectivity index (χ1n) is 6.71. The summed E-state index contributed by atoms with van der Waals surface area (Å²) in [5, 5.41) is 6.63. The smallest absolute Gasteiger partial charge is 0.266 e. The molecule has 0 aliphatic carbocycles. The summed E-state index contributed by atoms with van der Waals surface area (Å²) in [4.78, 5) is 17.6. The Morgan fingerprint density at radius 2 is 1.96 bits per heavy atom. The van der Waals surface area contributed by atoms with Gasteiger partial charge >= 0.3 is 0 Å². The molecular formula is C16H9ClN2OS3. The summed E-state index contributed by atoms with van der Waals surface area (Å²) in [5.74, 6) is -0.147. The van der Waals surface area contributed by atoms with E-state index in [2.05, 4.69) is 16.4 Å². The van der Waals surface area contributed by atoms with Crippen molar-refractivity contribution < 1.29 is 4.79 Å². The summed E-state index contributed by atoms with van der Waals surface area (Å²) in [6.07, 6.45) is 0. The first kappa shape index (κ1) is 14.8. The van der Waals surface area contributed by atoms with Gasteiger partial charge in [0.25, 0.3) is 5.91 Å². The molecule has 7 heteroatoms. The van der Waals surface area contributed by atoms with Crippen LogP contribution in [0, 0.1) is 0 Å². The number of carbonyl (C=O) groups is 1. The van der Waals surface area contributed by atoms with Crippen LogP contribution in [-0.2, 0) is 0 Å². The Balaban J connectivity index is 1.66. The minimum Gasteiger partial charge on any atom is -0.312 e. The van der Waals surface area contributed by atoms with Gasteiger partial charge in [0.2, 0.25) is 0 Å². The number of amides is 1. The Labute approximate surface area is 149 Å². The van der Waals surface area contributed by atoms with Gasteiger partial charge in [0.1, 0.15) is 10.0 Å². The third-order valence-corrected chi connectivity index (χ3v) is 6.34.